The third-order valence-corrected chi connectivity index (χ3v) is 3.70. The van der Waals surface area contributed by atoms with E-state index in [9.17, 15) is 9.59 Å². The average Bonchev–Trinajstić information content (AvgIpc) is 2.66. The summed E-state index contributed by atoms with van der Waals surface area (Å²) in [5, 5.41) is 2.88. The monoisotopic (exact) mass is 379 g/mol. The first kappa shape index (κ1) is 19.4. The SMILES string of the molecule is COc1cc(OC)c(NC(=O)COC(=O)c2ccccc2OC)cc1Cl. The molecule has 8 heteroatoms. The number of nitrogens with one attached hydrogen (secondary N) is 1. The molecule has 0 saturated carbocycles. The molecule has 0 bridgehead atoms. The third-order valence-electron chi connectivity index (χ3n) is 3.41. The zero-order valence-corrected chi connectivity index (χ0v) is 15.3. The first-order valence-electron chi connectivity index (χ1n) is 7.51. The predicted molar refractivity (Wildman–Crippen MR) is 96.5 cm³/mol. The Labute approximate surface area is 155 Å². The fraction of sp³-hybridized carbons (Fsp3) is 0.222. The summed E-state index contributed by atoms with van der Waals surface area (Å²) in [6, 6.07) is 9.59. The summed E-state index contributed by atoms with van der Waals surface area (Å²) in [5.74, 6) is -0.0913. The van der Waals surface area contributed by atoms with Gasteiger partial charge in [0.15, 0.2) is 6.61 Å². The van der Waals surface area contributed by atoms with E-state index >= 15 is 0 Å². The van der Waals surface area contributed by atoms with Gasteiger partial charge in [0.2, 0.25) is 0 Å². The second-order valence-corrected chi connectivity index (χ2v) is 5.42. The summed E-state index contributed by atoms with van der Waals surface area (Å²) in [7, 11) is 4.36. The summed E-state index contributed by atoms with van der Waals surface area (Å²) >= 11 is 6.05. The maximum atomic E-state index is 12.1. The van der Waals surface area contributed by atoms with Gasteiger partial charge < -0.3 is 24.3 Å². The van der Waals surface area contributed by atoms with Crippen molar-refractivity contribution in [3.63, 3.8) is 0 Å². The lowest BCUT2D eigenvalue weighted by molar-refractivity contribution is -0.119. The molecule has 0 aliphatic rings. The van der Waals surface area contributed by atoms with E-state index in [1.807, 2.05) is 0 Å². The number of hydrogen-bond acceptors (Lipinski definition) is 6. The average molecular weight is 380 g/mol. The van der Waals surface area contributed by atoms with Gasteiger partial charge in [-0.3, -0.25) is 4.79 Å². The molecule has 138 valence electrons. The molecule has 2 aromatic rings. The number of ether oxygens (including phenoxy) is 4. The Hall–Kier alpha value is -2.93. The largest absolute Gasteiger partial charge is 0.496 e. The smallest absolute Gasteiger partial charge is 0.342 e. The summed E-state index contributed by atoms with van der Waals surface area (Å²) < 4.78 is 20.4. The van der Waals surface area contributed by atoms with Crippen LogP contribution in [0.2, 0.25) is 5.02 Å². The molecule has 2 aromatic carbocycles. The molecular formula is C18H18ClNO6. The maximum Gasteiger partial charge on any atom is 0.342 e. The molecule has 0 saturated heterocycles. The fourth-order valence-electron chi connectivity index (χ4n) is 2.17. The standard InChI is InChI=1S/C18H18ClNO6/c1-23-14-7-5-4-6-11(14)18(22)26-10-17(21)20-13-8-12(19)15(24-2)9-16(13)25-3/h4-9H,10H2,1-3H3,(H,20,21). The van der Waals surface area contributed by atoms with Crippen molar-refractivity contribution in [2.75, 3.05) is 33.3 Å². The van der Waals surface area contributed by atoms with Crippen LogP contribution in [0.5, 0.6) is 17.2 Å². The van der Waals surface area contributed by atoms with E-state index < -0.39 is 18.5 Å². The lowest BCUT2D eigenvalue weighted by Crippen LogP contribution is -2.21. The molecule has 2 rings (SSSR count). The van der Waals surface area contributed by atoms with Crippen LogP contribution in [0, 0.1) is 0 Å². The van der Waals surface area contributed by atoms with Crippen LogP contribution >= 0.6 is 11.6 Å². The summed E-state index contributed by atoms with van der Waals surface area (Å²) in [6.07, 6.45) is 0. The number of rotatable bonds is 7. The van der Waals surface area contributed by atoms with E-state index in [0.717, 1.165) is 0 Å². The Bertz CT molecular complexity index is 808. The highest BCUT2D eigenvalue weighted by Crippen LogP contribution is 2.35. The van der Waals surface area contributed by atoms with Gasteiger partial charge in [0.25, 0.3) is 5.91 Å². The summed E-state index contributed by atoms with van der Waals surface area (Å²) in [5.41, 5.74) is 0.560. The molecule has 0 radical (unpaired) electrons. The van der Waals surface area contributed by atoms with E-state index in [-0.39, 0.29) is 5.56 Å². The first-order valence-corrected chi connectivity index (χ1v) is 7.89. The van der Waals surface area contributed by atoms with E-state index in [4.69, 9.17) is 30.5 Å². The first-order chi connectivity index (χ1) is 12.5. The van der Waals surface area contributed by atoms with Gasteiger partial charge >= 0.3 is 5.97 Å². The lowest BCUT2D eigenvalue weighted by Gasteiger charge is -2.13. The van der Waals surface area contributed by atoms with Crippen molar-refractivity contribution in [1.82, 2.24) is 0 Å². The topological polar surface area (TPSA) is 83.1 Å². The Balaban J connectivity index is 2.03. The minimum atomic E-state index is -0.669. The summed E-state index contributed by atoms with van der Waals surface area (Å²) in [4.78, 5) is 24.2. The molecule has 0 aliphatic carbocycles. The van der Waals surface area contributed by atoms with Crippen LogP contribution in [-0.4, -0.2) is 39.8 Å². The number of carbonyl (C=O) groups excluding carboxylic acids is 2. The van der Waals surface area contributed by atoms with E-state index in [1.165, 1.54) is 27.4 Å². The predicted octanol–water partition coefficient (Wildman–Crippen LogP) is 3.16. The number of para-hydroxylation sites is 1. The molecule has 26 heavy (non-hydrogen) atoms. The van der Waals surface area contributed by atoms with Gasteiger partial charge in [-0.25, -0.2) is 4.79 Å². The van der Waals surface area contributed by atoms with Gasteiger partial charge in [-0.05, 0) is 18.2 Å². The van der Waals surface area contributed by atoms with E-state index in [0.29, 0.717) is 28.0 Å². The number of hydrogen-bond donors (Lipinski definition) is 1. The molecule has 0 fully saturated rings. The minimum Gasteiger partial charge on any atom is -0.496 e. The van der Waals surface area contributed by atoms with E-state index in [2.05, 4.69) is 5.32 Å². The lowest BCUT2D eigenvalue weighted by atomic mass is 10.2. The molecule has 0 aliphatic heterocycles. The van der Waals surface area contributed by atoms with Crippen LogP contribution < -0.4 is 19.5 Å². The molecule has 1 amide bonds. The Kier molecular flexibility index (Phi) is 6.68. The van der Waals surface area contributed by atoms with Crippen molar-refractivity contribution in [3.05, 3.63) is 47.0 Å². The molecule has 7 nitrogen and oxygen atoms in total. The molecule has 0 atom stereocenters. The summed E-state index contributed by atoms with van der Waals surface area (Å²) in [6.45, 7) is -0.482. The van der Waals surface area contributed by atoms with Crippen LogP contribution in [0.15, 0.2) is 36.4 Å². The number of carbonyl (C=O) groups is 2. The normalized spacial score (nSPS) is 10.0. The molecule has 0 aromatic heterocycles. The van der Waals surface area contributed by atoms with Crippen molar-refractivity contribution < 1.29 is 28.5 Å². The second-order valence-electron chi connectivity index (χ2n) is 5.01. The molecule has 0 unspecified atom stereocenters. The Morgan fingerprint density at radius 1 is 0.962 bits per heavy atom. The number of esters is 1. The highest BCUT2D eigenvalue weighted by atomic mass is 35.5. The van der Waals surface area contributed by atoms with Crippen LogP contribution in [0.1, 0.15) is 10.4 Å². The van der Waals surface area contributed by atoms with Gasteiger partial charge in [0, 0.05) is 6.07 Å². The van der Waals surface area contributed by atoms with Gasteiger partial charge in [-0.2, -0.15) is 0 Å². The highest BCUT2D eigenvalue weighted by Gasteiger charge is 2.16. The quantitative estimate of drug-likeness (QED) is 0.744. The zero-order chi connectivity index (χ0) is 19.1. The van der Waals surface area contributed by atoms with Gasteiger partial charge in [-0.15, -0.1) is 0 Å². The second kappa shape index (κ2) is 8.96. The Morgan fingerprint density at radius 3 is 2.27 bits per heavy atom. The number of anilines is 1. The maximum absolute atomic E-state index is 12.1. The molecule has 1 N–H and O–H groups in total. The molecular weight excluding hydrogens is 362 g/mol. The number of benzene rings is 2. The number of halogens is 1. The minimum absolute atomic E-state index is 0.230. The fourth-order valence-corrected chi connectivity index (χ4v) is 2.41. The molecule has 0 spiro atoms. The van der Waals surface area contributed by atoms with Gasteiger partial charge in [0.05, 0.1) is 32.0 Å². The van der Waals surface area contributed by atoms with Crippen LogP contribution in [0.3, 0.4) is 0 Å². The highest BCUT2D eigenvalue weighted by molar-refractivity contribution is 6.32. The molecule has 0 heterocycles. The van der Waals surface area contributed by atoms with Crippen molar-refractivity contribution in [2.24, 2.45) is 0 Å². The third kappa shape index (κ3) is 4.58. The zero-order valence-electron chi connectivity index (χ0n) is 14.5. The number of amides is 1. The van der Waals surface area contributed by atoms with Crippen molar-refractivity contribution in [2.45, 2.75) is 0 Å². The van der Waals surface area contributed by atoms with Crippen molar-refractivity contribution in [1.29, 1.82) is 0 Å². The van der Waals surface area contributed by atoms with E-state index in [1.54, 1.807) is 30.3 Å². The van der Waals surface area contributed by atoms with Gasteiger partial charge in [0.1, 0.15) is 22.8 Å². The van der Waals surface area contributed by atoms with Gasteiger partial charge in [-0.1, -0.05) is 23.7 Å². The van der Waals surface area contributed by atoms with Crippen LogP contribution in [0.25, 0.3) is 0 Å². The van der Waals surface area contributed by atoms with Crippen molar-refractivity contribution >= 4 is 29.2 Å². The Morgan fingerprint density at radius 2 is 1.62 bits per heavy atom. The van der Waals surface area contributed by atoms with Crippen molar-refractivity contribution in [3.8, 4) is 17.2 Å². The van der Waals surface area contributed by atoms with Crippen LogP contribution in [0.4, 0.5) is 5.69 Å². The number of methoxy groups -OCH3 is 3. The van der Waals surface area contributed by atoms with Crippen LogP contribution in [-0.2, 0) is 9.53 Å².